The third kappa shape index (κ3) is 2.78. The fourth-order valence-corrected chi connectivity index (χ4v) is 3.61. The van der Waals surface area contributed by atoms with Crippen LogP contribution in [0.3, 0.4) is 0 Å². The van der Waals surface area contributed by atoms with Gasteiger partial charge in [0, 0.05) is 6.54 Å². The van der Waals surface area contributed by atoms with Crippen molar-refractivity contribution in [3.8, 4) is 16.4 Å². The number of aromatic nitrogens is 4. The predicted octanol–water partition coefficient (Wildman–Crippen LogP) is 3.97. The molecule has 4 aromatic rings. The summed E-state index contributed by atoms with van der Waals surface area (Å²) in [4.78, 5) is 18.9. The van der Waals surface area contributed by atoms with Gasteiger partial charge >= 0.3 is 0 Å². The van der Waals surface area contributed by atoms with Crippen LogP contribution in [0.1, 0.15) is 13.8 Å². The number of benzene rings is 1. The van der Waals surface area contributed by atoms with Gasteiger partial charge in [-0.3, -0.25) is 9.36 Å². The van der Waals surface area contributed by atoms with Gasteiger partial charge in [-0.2, -0.15) is 5.10 Å². The van der Waals surface area contributed by atoms with Crippen molar-refractivity contribution in [2.24, 2.45) is 5.92 Å². The SMILES string of the molecule is CC(C)Cn1c(-c2cccs2)nc2c(cnn2-c2ccccc2)c1=O. The van der Waals surface area contributed by atoms with Gasteiger partial charge in [0.1, 0.15) is 5.39 Å². The second-order valence-electron chi connectivity index (χ2n) is 6.35. The fraction of sp³-hybridized carbons (Fsp3) is 0.211. The molecule has 0 unspecified atom stereocenters. The van der Waals surface area contributed by atoms with Crippen molar-refractivity contribution in [2.45, 2.75) is 20.4 Å². The Morgan fingerprint density at radius 1 is 1.12 bits per heavy atom. The molecule has 1 aromatic carbocycles. The normalized spacial score (nSPS) is 11.5. The molecule has 0 fully saturated rings. The van der Waals surface area contributed by atoms with Gasteiger partial charge in [0.05, 0.1) is 16.8 Å². The van der Waals surface area contributed by atoms with Crippen LogP contribution >= 0.6 is 11.3 Å². The van der Waals surface area contributed by atoms with Gasteiger partial charge in [0.2, 0.25) is 0 Å². The first-order valence-corrected chi connectivity index (χ1v) is 9.11. The molecule has 126 valence electrons. The predicted molar refractivity (Wildman–Crippen MR) is 101 cm³/mol. The lowest BCUT2D eigenvalue weighted by atomic mass is 10.2. The molecule has 3 heterocycles. The minimum absolute atomic E-state index is 0.0377. The van der Waals surface area contributed by atoms with Crippen LogP contribution in [0.15, 0.2) is 58.8 Å². The molecule has 4 rings (SSSR count). The molecule has 0 aliphatic carbocycles. The van der Waals surface area contributed by atoms with Crippen LogP contribution in [-0.4, -0.2) is 19.3 Å². The molecule has 0 saturated heterocycles. The van der Waals surface area contributed by atoms with Crippen LogP contribution < -0.4 is 5.56 Å². The monoisotopic (exact) mass is 350 g/mol. The van der Waals surface area contributed by atoms with E-state index in [-0.39, 0.29) is 5.56 Å². The van der Waals surface area contributed by atoms with Crippen LogP contribution in [0.5, 0.6) is 0 Å². The fourth-order valence-electron chi connectivity index (χ4n) is 2.89. The second kappa shape index (κ2) is 6.29. The van der Waals surface area contributed by atoms with Gasteiger partial charge in [0.15, 0.2) is 11.5 Å². The molecule has 0 saturated carbocycles. The van der Waals surface area contributed by atoms with Crippen molar-refractivity contribution in [2.75, 3.05) is 0 Å². The Morgan fingerprint density at radius 3 is 2.60 bits per heavy atom. The first kappa shape index (κ1) is 15.8. The Bertz CT molecular complexity index is 1060. The van der Waals surface area contributed by atoms with Crippen molar-refractivity contribution >= 4 is 22.4 Å². The van der Waals surface area contributed by atoms with E-state index in [0.717, 1.165) is 10.6 Å². The average molecular weight is 350 g/mol. The van der Waals surface area contributed by atoms with E-state index >= 15 is 0 Å². The van der Waals surface area contributed by atoms with E-state index in [2.05, 4.69) is 18.9 Å². The number of thiophene rings is 1. The molecule has 3 aromatic heterocycles. The first-order chi connectivity index (χ1) is 12.1. The van der Waals surface area contributed by atoms with Crippen LogP contribution in [-0.2, 0) is 6.54 Å². The highest BCUT2D eigenvalue weighted by Gasteiger charge is 2.18. The number of hydrogen-bond donors (Lipinski definition) is 0. The summed E-state index contributed by atoms with van der Waals surface area (Å²) in [7, 11) is 0. The van der Waals surface area contributed by atoms with E-state index in [9.17, 15) is 4.79 Å². The average Bonchev–Trinajstić information content (AvgIpc) is 3.27. The molecule has 5 nitrogen and oxygen atoms in total. The Kier molecular flexibility index (Phi) is 3.97. The van der Waals surface area contributed by atoms with Crippen LogP contribution in [0.4, 0.5) is 0 Å². The third-order valence-electron chi connectivity index (χ3n) is 3.98. The lowest BCUT2D eigenvalue weighted by molar-refractivity contribution is 0.513. The Morgan fingerprint density at radius 2 is 1.92 bits per heavy atom. The summed E-state index contributed by atoms with van der Waals surface area (Å²) in [5.74, 6) is 1.05. The molecule has 0 aliphatic heterocycles. The number of para-hydroxylation sites is 1. The summed E-state index contributed by atoms with van der Waals surface area (Å²) in [5, 5.41) is 6.96. The number of rotatable bonds is 4. The van der Waals surface area contributed by atoms with E-state index in [4.69, 9.17) is 4.98 Å². The molecular formula is C19H18N4OS. The van der Waals surface area contributed by atoms with Crippen LogP contribution in [0.25, 0.3) is 27.4 Å². The molecule has 0 radical (unpaired) electrons. The molecule has 6 heteroatoms. The maximum absolute atomic E-state index is 13.1. The van der Waals surface area contributed by atoms with E-state index in [1.165, 1.54) is 0 Å². The zero-order valence-electron chi connectivity index (χ0n) is 14.1. The standard InChI is InChI=1S/C19H18N4OS/c1-13(2)12-22-18(16-9-6-10-25-16)21-17-15(19(22)24)11-20-23(17)14-7-4-3-5-8-14/h3-11,13H,12H2,1-2H3. The molecule has 25 heavy (non-hydrogen) atoms. The quantitative estimate of drug-likeness (QED) is 0.560. The smallest absolute Gasteiger partial charge is 0.264 e. The van der Waals surface area contributed by atoms with E-state index in [0.29, 0.717) is 29.3 Å². The summed E-state index contributed by atoms with van der Waals surface area (Å²) < 4.78 is 3.50. The molecule has 0 atom stereocenters. The maximum atomic E-state index is 13.1. The maximum Gasteiger partial charge on any atom is 0.264 e. The first-order valence-electron chi connectivity index (χ1n) is 8.23. The number of nitrogens with zero attached hydrogens (tertiary/aromatic N) is 4. The van der Waals surface area contributed by atoms with E-state index in [1.807, 2.05) is 47.8 Å². The van der Waals surface area contributed by atoms with Crippen molar-refractivity contribution in [1.82, 2.24) is 19.3 Å². The topological polar surface area (TPSA) is 52.7 Å². The van der Waals surface area contributed by atoms with Crippen molar-refractivity contribution < 1.29 is 0 Å². The highest BCUT2D eigenvalue weighted by atomic mass is 32.1. The van der Waals surface area contributed by atoms with Gasteiger partial charge in [-0.1, -0.05) is 38.1 Å². The van der Waals surface area contributed by atoms with Crippen LogP contribution in [0.2, 0.25) is 0 Å². The number of fused-ring (bicyclic) bond motifs is 1. The summed E-state index contributed by atoms with van der Waals surface area (Å²) in [5.41, 5.74) is 1.45. The van der Waals surface area contributed by atoms with Crippen molar-refractivity contribution in [1.29, 1.82) is 0 Å². The largest absolute Gasteiger partial charge is 0.291 e. The summed E-state index contributed by atoms with van der Waals surface area (Å²) in [6.45, 7) is 4.83. The van der Waals surface area contributed by atoms with Crippen LogP contribution in [0, 0.1) is 5.92 Å². The molecule has 0 amide bonds. The zero-order valence-corrected chi connectivity index (χ0v) is 14.9. The van der Waals surface area contributed by atoms with Gasteiger partial charge in [-0.25, -0.2) is 9.67 Å². The van der Waals surface area contributed by atoms with Gasteiger partial charge < -0.3 is 0 Å². The van der Waals surface area contributed by atoms with E-state index < -0.39 is 0 Å². The molecule has 0 spiro atoms. The minimum Gasteiger partial charge on any atom is -0.291 e. The van der Waals surface area contributed by atoms with Crippen molar-refractivity contribution in [3.63, 3.8) is 0 Å². The van der Waals surface area contributed by atoms with E-state index in [1.54, 1.807) is 26.8 Å². The Labute approximate surface area is 149 Å². The van der Waals surface area contributed by atoms with Crippen molar-refractivity contribution in [3.05, 3.63) is 64.4 Å². The number of hydrogen-bond acceptors (Lipinski definition) is 4. The highest BCUT2D eigenvalue weighted by Crippen LogP contribution is 2.25. The lowest BCUT2D eigenvalue weighted by Crippen LogP contribution is -2.25. The van der Waals surface area contributed by atoms with Gasteiger partial charge in [0.25, 0.3) is 5.56 Å². The summed E-state index contributed by atoms with van der Waals surface area (Å²) >= 11 is 1.59. The minimum atomic E-state index is -0.0377. The van der Waals surface area contributed by atoms with Gasteiger partial charge in [-0.05, 0) is 29.5 Å². The molecule has 0 aliphatic rings. The summed E-state index contributed by atoms with van der Waals surface area (Å²) in [6, 6.07) is 13.7. The van der Waals surface area contributed by atoms with Gasteiger partial charge in [-0.15, -0.1) is 11.3 Å². The zero-order chi connectivity index (χ0) is 17.4. The Hall–Kier alpha value is -2.73. The lowest BCUT2D eigenvalue weighted by Gasteiger charge is -2.14. The highest BCUT2D eigenvalue weighted by molar-refractivity contribution is 7.13. The third-order valence-corrected chi connectivity index (χ3v) is 4.84. The molecular weight excluding hydrogens is 332 g/mol. The Balaban J connectivity index is 2.02. The second-order valence-corrected chi connectivity index (χ2v) is 7.30. The molecule has 0 N–H and O–H groups in total. The molecule has 0 bridgehead atoms. The summed E-state index contributed by atoms with van der Waals surface area (Å²) in [6.07, 6.45) is 1.62.